The molecule has 1 saturated carbocycles. The Bertz CT molecular complexity index is 559. The number of hydrogen-bond acceptors (Lipinski definition) is 3. The maximum atomic E-state index is 12.9. The third kappa shape index (κ3) is 1.64. The zero-order valence-electron chi connectivity index (χ0n) is 9.23. The molecule has 0 aromatic carbocycles. The molecular formula is C11H11F2N3O. The minimum Gasteiger partial charge on any atom is -0.495 e. The largest absolute Gasteiger partial charge is 0.495 e. The van der Waals surface area contributed by atoms with Gasteiger partial charge in [-0.15, -0.1) is 0 Å². The molecule has 17 heavy (non-hydrogen) atoms. The summed E-state index contributed by atoms with van der Waals surface area (Å²) in [6.07, 6.45) is 2.99. The zero-order chi connectivity index (χ0) is 12.0. The average Bonchev–Trinajstić information content (AvgIpc) is 2.70. The fourth-order valence-electron chi connectivity index (χ4n) is 2.15. The first-order chi connectivity index (χ1) is 8.09. The summed E-state index contributed by atoms with van der Waals surface area (Å²) in [7, 11) is 1.51. The van der Waals surface area contributed by atoms with E-state index in [2.05, 4.69) is 10.1 Å². The van der Waals surface area contributed by atoms with Gasteiger partial charge in [0.1, 0.15) is 11.4 Å². The van der Waals surface area contributed by atoms with Crippen molar-refractivity contribution in [2.75, 3.05) is 7.11 Å². The van der Waals surface area contributed by atoms with E-state index in [-0.39, 0.29) is 18.8 Å². The lowest BCUT2D eigenvalue weighted by Gasteiger charge is -2.34. The van der Waals surface area contributed by atoms with Crippen molar-refractivity contribution in [1.29, 1.82) is 0 Å². The lowest BCUT2D eigenvalue weighted by Crippen LogP contribution is -2.34. The quantitative estimate of drug-likeness (QED) is 0.806. The van der Waals surface area contributed by atoms with Gasteiger partial charge in [0.2, 0.25) is 5.92 Å². The number of nitrogens with zero attached hydrogens (tertiary/aromatic N) is 3. The van der Waals surface area contributed by atoms with Crippen LogP contribution >= 0.6 is 0 Å². The summed E-state index contributed by atoms with van der Waals surface area (Å²) < 4.78 is 32.5. The minimum absolute atomic E-state index is 0.156. The monoisotopic (exact) mass is 239 g/mol. The van der Waals surface area contributed by atoms with Gasteiger partial charge >= 0.3 is 0 Å². The van der Waals surface area contributed by atoms with Gasteiger partial charge in [-0.2, -0.15) is 5.10 Å². The predicted molar refractivity (Wildman–Crippen MR) is 56.5 cm³/mol. The van der Waals surface area contributed by atoms with Gasteiger partial charge in [-0.25, -0.2) is 18.3 Å². The van der Waals surface area contributed by atoms with E-state index in [9.17, 15) is 8.78 Å². The first kappa shape index (κ1) is 10.4. The van der Waals surface area contributed by atoms with Gasteiger partial charge in [-0.1, -0.05) is 0 Å². The van der Waals surface area contributed by atoms with Gasteiger partial charge in [-0.3, -0.25) is 0 Å². The third-order valence-corrected chi connectivity index (χ3v) is 3.07. The Morgan fingerprint density at radius 1 is 1.47 bits per heavy atom. The topological polar surface area (TPSA) is 39.4 Å². The molecule has 0 amide bonds. The highest BCUT2D eigenvalue weighted by Crippen LogP contribution is 2.49. The van der Waals surface area contributed by atoms with Crippen LogP contribution in [0.15, 0.2) is 18.5 Å². The van der Waals surface area contributed by atoms with Gasteiger partial charge in [0.15, 0.2) is 5.65 Å². The second-order valence-corrected chi connectivity index (χ2v) is 4.29. The minimum atomic E-state index is -2.55. The van der Waals surface area contributed by atoms with Crippen molar-refractivity contribution < 1.29 is 13.5 Å². The molecule has 4 nitrogen and oxygen atoms in total. The van der Waals surface area contributed by atoms with E-state index in [0.29, 0.717) is 17.1 Å². The molecule has 0 atom stereocenters. The molecule has 0 N–H and O–H groups in total. The molecule has 1 fully saturated rings. The maximum Gasteiger partial charge on any atom is 0.249 e. The van der Waals surface area contributed by atoms with Crippen LogP contribution in [0.3, 0.4) is 0 Å². The Balaban J connectivity index is 2.02. The number of halogens is 2. The van der Waals surface area contributed by atoms with Crippen LogP contribution in [0, 0.1) is 0 Å². The summed E-state index contributed by atoms with van der Waals surface area (Å²) in [5.74, 6) is -2.25. The van der Waals surface area contributed by atoms with E-state index in [4.69, 9.17) is 4.74 Å². The average molecular weight is 239 g/mol. The van der Waals surface area contributed by atoms with Crippen LogP contribution in [0.4, 0.5) is 8.78 Å². The van der Waals surface area contributed by atoms with Crippen LogP contribution in [0.1, 0.15) is 24.5 Å². The molecule has 0 spiro atoms. The fraction of sp³-hybridized carbons (Fsp3) is 0.455. The molecule has 90 valence electrons. The number of alkyl halides is 2. The van der Waals surface area contributed by atoms with Gasteiger partial charge in [0, 0.05) is 37.2 Å². The Morgan fingerprint density at radius 3 is 2.88 bits per heavy atom. The second-order valence-electron chi connectivity index (χ2n) is 4.29. The summed E-state index contributed by atoms with van der Waals surface area (Å²) in [6, 6.07) is 1.72. The van der Waals surface area contributed by atoms with Crippen LogP contribution in [-0.4, -0.2) is 27.6 Å². The molecule has 2 aromatic rings. The van der Waals surface area contributed by atoms with Crippen LogP contribution in [-0.2, 0) is 0 Å². The lowest BCUT2D eigenvalue weighted by atomic mass is 9.79. The Morgan fingerprint density at radius 2 is 2.24 bits per heavy atom. The molecule has 0 aliphatic heterocycles. The fourth-order valence-corrected chi connectivity index (χ4v) is 2.15. The molecular weight excluding hydrogens is 228 g/mol. The Labute approximate surface area is 96.2 Å². The predicted octanol–water partition coefficient (Wildman–Crippen LogP) is 2.25. The highest BCUT2D eigenvalue weighted by atomic mass is 19.3. The molecule has 0 bridgehead atoms. The molecule has 2 heterocycles. The third-order valence-electron chi connectivity index (χ3n) is 3.07. The smallest absolute Gasteiger partial charge is 0.249 e. The van der Waals surface area contributed by atoms with Crippen molar-refractivity contribution in [3.63, 3.8) is 0 Å². The van der Waals surface area contributed by atoms with Crippen molar-refractivity contribution in [2.45, 2.75) is 24.7 Å². The van der Waals surface area contributed by atoms with E-state index < -0.39 is 5.92 Å². The number of methoxy groups -OCH3 is 1. The first-order valence-electron chi connectivity index (χ1n) is 5.35. The number of ether oxygens (including phenoxy) is 1. The van der Waals surface area contributed by atoms with Crippen molar-refractivity contribution in [2.24, 2.45) is 0 Å². The maximum absolute atomic E-state index is 12.9. The van der Waals surface area contributed by atoms with E-state index in [1.54, 1.807) is 23.0 Å². The van der Waals surface area contributed by atoms with Gasteiger partial charge < -0.3 is 4.74 Å². The molecule has 6 heteroatoms. The molecule has 0 radical (unpaired) electrons. The van der Waals surface area contributed by atoms with Crippen molar-refractivity contribution in [1.82, 2.24) is 14.6 Å². The summed E-state index contributed by atoms with van der Waals surface area (Å²) in [6.45, 7) is 0. The number of hydrogen-bond donors (Lipinski definition) is 0. The van der Waals surface area contributed by atoms with E-state index in [0.717, 1.165) is 0 Å². The highest BCUT2D eigenvalue weighted by Gasteiger charge is 2.47. The molecule has 3 rings (SSSR count). The number of aromatic nitrogens is 3. The summed E-state index contributed by atoms with van der Waals surface area (Å²) in [5.41, 5.74) is 1.24. The first-order valence-corrected chi connectivity index (χ1v) is 5.35. The van der Waals surface area contributed by atoms with Crippen LogP contribution in [0.2, 0.25) is 0 Å². The summed E-state index contributed by atoms with van der Waals surface area (Å²) in [5, 5.41) is 4.29. The highest BCUT2D eigenvalue weighted by molar-refractivity contribution is 5.46. The standard InChI is InChI=1S/C11H11F2N3O/c1-17-8-4-9-14-2-3-16(9)15-10(8)7-5-11(12,13)6-7/h2-4,7H,5-6H2,1H3. The lowest BCUT2D eigenvalue weighted by molar-refractivity contribution is -0.0881. The van der Waals surface area contributed by atoms with Crippen LogP contribution in [0.25, 0.3) is 5.65 Å². The zero-order valence-corrected chi connectivity index (χ0v) is 9.23. The number of rotatable bonds is 2. The van der Waals surface area contributed by atoms with Crippen molar-refractivity contribution in [3.05, 3.63) is 24.2 Å². The molecule has 2 aromatic heterocycles. The normalized spacial score (nSPS) is 19.2. The Hall–Kier alpha value is -1.72. The van der Waals surface area contributed by atoms with E-state index in [1.165, 1.54) is 7.11 Å². The number of imidazole rings is 1. The van der Waals surface area contributed by atoms with Crippen LogP contribution in [0.5, 0.6) is 5.75 Å². The summed E-state index contributed by atoms with van der Waals surface area (Å²) >= 11 is 0. The van der Waals surface area contributed by atoms with Gasteiger partial charge in [0.25, 0.3) is 0 Å². The van der Waals surface area contributed by atoms with Crippen molar-refractivity contribution in [3.8, 4) is 5.75 Å². The van der Waals surface area contributed by atoms with Gasteiger partial charge in [-0.05, 0) is 0 Å². The molecule has 1 aliphatic rings. The molecule has 0 saturated heterocycles. The van der Waals surface area contributed by atoms with Gasteiger partial charge in [0.05, 0.1) is 7.11 Å². The molecule has 1 aliphatic carbocycles. The second kappa shape index (κ2) is 3.38. The van der Waals surface area contributed by atoms with E-state index in [1.807, 2.05) is 0 Å². The SMILES string of the molecule is COc1cc2nccn2nc1C1CC(F)(F)C1. The Kier molecular flexibility index (Phi) is 2.08. The number of fused-ring (bicyclic) bond motifs is 1. The van der Waals surface area contributed by atoms with Crippen molar-refractivity contribution >= 4 is 5.65 Å². The van der Waals surface area contributed by atoms with Crippen LogP contribution < -0.4 is 4.74 Å². The van der Waals surface area contributed by atoms with E-state index >= 15 is 0 Å². The molecule has 0 unspecified atom stereocenters. The summed E-state index contributed by atoms with van der Waals surface area (Å²) in [4.78, 5) is 4.07.